The molecule has 0 fully saturated rings. The number of ether oxygens (including phenoxy) is 1. The minimum atomic E-state index is -3.19. The average Bonchev–Trinajstić information content (AvgIpc) is 2.45. The molecular formula is C12H16O6Si. The van der Waals surface area contributed by atoms with Crippen LogP contribution in [0.3, 0.4) is 0 Å². The largest absolute Gasteiger partial charge is 0.748 e. The zero-order valence-corrected chi connectivity index (χ0v) is 12.0. The Bertz CT molecular complexity index is 435. The van der Waals surface area contributed by atoms with Gasteiger partial charge in [-0.3, -0.25) is 0 Å². The van der Waals surface area contributed by atoms with Crippen molar-refractivity contribution in [3.63, 3.8) is 0 Å². The molecule has 1 aromatic rings. The van der Waals surface area contributed by atoms with E-state index in [1.54, 1.807) is 18.2 Å². The summed E-state index contributed by atoms with van der Waals surface area (Å²) in [5.74, 6) is 0.186. The van der Waals surface area contributed by atoms with Crippen molar-refractivity contribution >= 4 is 15.0 Å². The van der Waals surface area contributed by atoms with Crippen LogP contribution in [0, 0.1) is 0 Å². The molecule has 0 radical (unpaired) electrons. The molecule has 0 amide bonds. The fourth-order valence-corrected chi connectivity index (χ4v) is 2.44. The van der Waals surface area contributed by atoms with E-state index in [-0.39, 0.29) is 0 Å². The van der Waals surface area contributed by atoms with Gasteiger partial charge in [0.15, 0.2) is 0 Å². The van der Waals surface area contributed by atoms with Crippen molar-refractivity contribution in [3.05, 3.63) is 36.9 Å². The summed E-state index contributed by atoms with van der Waals surface area (Å²) in [6.07, 6.45) is 1.08. The predicted octanol–water partition coefficient (Wildman–Crippen LogP) is 1.53. The molecule has 0 N–H and O–H groups in total. The van der Waals surface area contributed by atoms with E-state index in [2.05, 4.69) is 6.58 Å². The molecule has 0 atom stereocenters. The summed E-state index contributed by atoms with van der Waals surface area (Å²) in [6.45, 7) is 3.32. The smallest absolute Gasteiger partial charge is 0.480 e. The molecule has 0 heterocycles. The summed E-state index contributed by atoms with van der Waals surface area (Å²) in [5.41, 5.74) is 0. The number of rotatable bonds is 7. The first kappa shape index (κ1) is 15.4. The van der Waals surface area contributed by atoms with Gasteiger partial charge < -0.3 is 22.4 Å². The molecule has 7 heteroatoms. The molecular weight excluding hydrogens is 268 g/mol. The SMILES string of the molecule is C=CC(=O)Oc1cccc(O[Si](OC)(OC)OC)c1. The van der Waals surface area contributed by atoms with E-state index in [4.69, 9.17) is 22.4 Å². The normalized spacial score (nSPS) is 10.9. The first-order valence-corrected chi connectivity index (χ1v) is 7.01. The lowest BCUT2D eigenvalue weighted by molar-refractivity contribution is -0.128. The molecule has 104 valence electrons. The molecule has 0 saturated carbocycles. The van der Waals surface area contributed by atoms with Gasteiger partial charge >= 0.3 is 15.0 Å². The fourth-order valence-electron chi connectivity index (χ4n) is 1.28. The van der Waals surface area contributed by atoms with Gasteiger partial charge in [-0.05, 0) is 12.1 Å². The third-order valence-electron chi connectivity index (χ3n) is 2.18. The van der Waals surface area contributed by atoms with Crippen LogP contribution in [0.4, 0.5) is 0 Å². The van der Waals surface area contributed by atoms with Crippen molar-refractivity contribution < 1.29 is 27.2 Å². The Kier molecular flexibility index (Phi) is 5.71. The van der Waals surface area contributed by atoms with E-state index in [1.807, 2.05) is 0 Å². The second kappa shape index (κ2) is 7.05. The summed E-state index contributed by atoms with van der Waals surface area (Å²) in [6, 6.07) is 6.48. The maximum atomic E-state index is 11.1. The van der Waals surface area contributed by atoms with Gasteiger partial charge in [0.05, 0.1) is 0 Å². The zero-order valence-electron chi connectivity index (χ0n) is 11.0. The van der Waals surface area contributed by atoms with Gasteiger partial charge in [0, 0.05) is 33.5 Å². The van der Waals surface area contributed by atoms with E-state index in [9.17, 15) is 4.79 Å². The molecule has 6 nitrogen and oxygen atoms in total. The first-order chi connectivity index (χ1) is 9.09. The van der Waals surface area contributed by atoms with Crippen molar-refractivity contribution in [2.75, 3.05) is 21.3 Å². The molecule has 0 spiro atoms. The van der Waals surface area contributed by atoms with E-state index in [0.29, 0.717) is 11.5 Å². The van der Waals surface area contributed by atoms with E-state index in [1.165, 1.54) is 27.4 Å². The Morgan fingerprint density at radius 3 is 2.26 bits per heavy atom. The average molecular weight is 284 g/mol. The van der Waals surface area contributed by atoms with Crippen molar-refractivity contribution in [1.82, 2.24) is 0 Å². The molecule has 19 heavy (non-hydrogen) atoms. The summed E-state index contributed by atoms with van der Waals surface area (Å²) < 4.78 is 25.9. The number of benzene rings is 1. The molecule has 1 rings (SSSR count). The standard InChI is InChI=1S/C12H16O6Si/c1-5-12(13)17-10-7-6-8-11(9-10)18-19(14-2,15-3)16-4/h5-9H,1H2,2-4H3. The third kappa shape index (κ3) is 4.18. The fraction of sp³-hybridized carbons (Fsp3) is 0.250. The van der Waals surface area contributed by atoms with E-state index >= 15 is 0 Å². The minimum Gasteiger partial charge on any atom is -0.480 e. The van der Waals surface area contributed by atoms with Crippen LogP contribution in [0.2, 0.25) is 0 Å². The van der Waals surface area contributed by atoms with Crippen molar-refractivity contribution in [2.45, 2.75) is 0 Å². The number of esters is 1. The molecule has 0 unspecified atom stereocenters. The first-order valence-electron chi connectivity index (χ1n) is 5.38. The van der Waals surface area contributed by atoms with Gasteiger partial charge in [0.1, 0.15) is 11.5 Å². The van der Waals surface area contributed by atoms with Gasteiger partial charge in [0.2, 0.25) is 0 Å². The highest BCUT2D eigenvalue weighted by molar-refractivity contribution is 6.54. The number of carbonyl (C=O) groups excluding carboxylic acids is 1. The Morgan fingerprint density at radius 2 is 1.74 bits per heavy atom. The summed E-state index contributed by atoms with van der Waals surface area (Å²) >= 11 is 0. The molecule has 0 saturated heterocycles. The van der Waals surface area contributed by atoms with Crippen LogP contribution in [0.1, 0.15) is 0 Å². The predicted molar refractivity (Wildman–Crippen MR) is 69.7 cm³/mol. The van der Waals surface area contributed by atoms with Gasteiger partial charge in [-0.1, -0.05) is 12.6 Å². The Labute approximate surface area is 113 Å². The summed E-state index contributed by atoms with van der Waals surface area (Å²) in [4.78, 5) is 11.1. The van der Waals surface area contributed by atoms with Crippen LogP contribution in [0.25, 0.3) is 0 Å². The quantitative estimate of drug-likeness (QED) is 0.327. The molecule has 0 aliphatic rings. The van der Waals surface area contributed by atoms with Crippen LogP contribution in [-0.2, 0) is 18.1 Å². The lowest BCUT2D eigenvalue weighted by atomic mass is 10.3. The number of hydrogen-bond donors (Lipinski definition) is 0. The lowest BCUT2D eigenvalue weighted by Gasteiger charge is -2.23. The summed E-state index contributed by atoms with van der Waals surface area (Å²) in [5, 5.41) is 0. The van der Waals surface area contributed by atoms with Gasteiger partial charge in [-0.15, -0.1) is 0 Å². The van der Waals surface area contributed by atoms with Crippen molar-refractivity contribution in [1.29, 1.82) is 0 Å². The van der Waals surface area contributed by atoms with Gasteiger partial charge in [-0.25, -0.2) is 4.79 Å². The number of carbonyl (C=O) groups is 1. The molecule has 0 aromatic heterocycles. The minimum absolute atomic E-state index is 0.327. The maximum Gasteiger partial charge on any atom is 0.748 e. The monoisotopic (exact) mass is 284 g/mol. The number of hydrogen-bond acceptors (Lipinski definition) is 6. The Hall–Kier alpha value is -1.67. The Morgan fingerprint density at radius 1 is 1.16 bits per heavy atom. The van der Waals surface area contributed by atoms with Crippen LogP contribution in [0.5, 0.6) is 11.5 Å². The second-order valence-corrected chi connectivity index (χ2v) is 5.74. The Balaban J connectivity index is 2.87. The zero-order chi connectivity index (χ0) is 14.3. The van der Waals surface area contributed by atoms with Crippen LogP contribution < -0.4 is 9.16 Å². The third-order valence-corrected chi connectivity index (χ3v) is 4.17. The highest BCUT2D eigenvalue weighted by Gasteiger charge is 2.45. The highest BCUT2D eigenvalue weighted by atomic mass is 28.4. The van der Waals surface area contributed by atoms with Crippen LogP contribution >= 0.6 is 0 Å². The topological polar surface area (TPSA) is 63.2 Å². The van der Waals surface area contributed by atoms with Gasteiger partial charge in [-0.2, -0.15) is 0 Å². The molecule has 0 bridgehead atoms. The van der Waals surface area contributed by atoms with Crippen molar-refractivity contribution in [2.24, 2.45) is 0 Å². The van der Waals surface area contributed by atoms with E-state index in [0.717, 1.165) is 6.08 Å². The van der Waals surface area contributed by atoms with Crippen LogP contribution in [0.15, 0.2) is 36.9 Å². The van der Waals surface area contributed by atoms with Crippen LogP contribution in [-0.4, -0.2) is 36.3 Å². The van der Waals surface area contributed by atoms with E-state index < -0.39 is 15.0 Å². The lowest BCUT2D eigenvalue weighted by Crippen LogP contribution is -2.49. The van der Waals surface area contributed by atoms with Crippen molar-refractivity contribution in [3.8, 4) is 11.5 Å². The maximum absolute atomic E-state index is 11.1. The molecule has 0 aliphatic heterocycles. The molecule has 1 aromatic carbocycles. The second-order valence-electron chi connectivity index (χ2n) is 3.31. The highest BCUT2D eigenvalue weighted by Crippen LogP contribution is 2.23. The van der Waals surface area contributed by atoms with Gasteiger partial charge in [0.25, 0.3) is 0 Å². The summed E-state index contributed by atoms with van der Waals surface area (Å²) in [7, 11) is 1.10. The molecule has 0 aliphatic carbocycles.